The van der Waals surface area contributed by atoms with E-state index in [0.717, 1.165) is 47.3 Å². The largest absolute Gasteiger partial charge is 0.494 e. The number of ether oxygens (including phenoxy) is 1. The molecule has 0 aliphatic heterocycles. The highest BCUT2D eigenvalue weighted by molar-refractivity contribution is 5.84. The molecule has 0 bridgehead atoms. The molecule has 2 unspecified atom stereocenters. The van der Waals surface area contributed by atoms with Gasteiger partial charge >= 0.3 is 0 Å². The van der Waals surface area contributed by atoms with Crippen LogP contribution in [0.2, 0.25) is 0 Å². The molecule has 0 amide bonds. The van der Waals surface area contributed by atoms with Crippen LogP contribution in [-0.4, -0.2) is 18.6 Å². The number of benzene rings is 1. The average molecular weight is 256 g/mol. The molecule has 3 rings (SSSR count). The predicted molar refractivity (Wildman–Crippen MR) is 77.3 cm³/mol. The Morgan fingerprint density at radius 1 is 1.32 bits per heavy atom. The number of fused-ring (bicyclic) bond motifs is 1. The van der Waals surface area contributed by atoms with Gasteiger partial charge in [-0.25, -0.2) is 4.98 Å². The van der Waals surface area contributed by atoms with Crippen LogP contribution >= 0.6 is 0 Å². The summed E-state index contributed by atoms with van der Waals surface area (Å²) in [6.45, 7) is 4.25. The monoisotopic (exact) mass is 256 g/mol. The number of nitrogens with one attached hydrogen (secondary N) is 1. The van der Waals surface area contributed by atoms with Crippen molar-refractivity contribution in [2.75, 3.05) is 13.7 Å². The number of hydrogen-bond donors (Lipinski definition) is 1. The van der Waals surface area contributed by atoms with Crippen LogP contribution in [0.3, 0.4) is 0 Å². The van der Waals surface area contributed by atoms with Crippen molar-refractivity contribution >= 4 is 10.9 Å². The lowest BCUT2D eigenvalue weighted by Crippen LogP contribution is -2.17. The van der Waals surface area contributed by atoms with Crippen molar-refractivity contribution in [3.8, 4) is 5.75 Å². The third-order valence-corrected chi connectivity index (χ3v) is 3.95. The van der Waals surface area contributed by atoms with Crippen LogP contribution in [0.1, 0.15) is 19.0 Å². The molecule has 2 atom stereocenters. The first-order chi connectivity index (χ1) is 9.28. The molecule has 19 heavy (non-hydrogen) atoms. The summed E-state index contributed by atoms with van der Waals surface area (Å²) in [4.78, 5) is 4.69. The predicted octanol–water partition coefficient (Wildman–Crippen LogP) is 2.99. The highest BCUT2D eigenvalue weighted by Gasteiger charge is 2.31. The molecule has 3 heteroatoms. The minimum absolute atomic E-state index is 0.831. The van der Waals surface area contributed by atoms with Crippen molar-refractivity contribution < 1.29 is 4.74 Å². The molecule has 0 radical (unpaired) electrons. The number of aromatic nitrogens is 1. The van der Waals surface area contributed by atoms with Crippen LogP contribution in [-0.2, 0) is 6.54 Å². The highest BCUT2D eigenvalue weighted by Crippen LogP contribution is 2.36. The molecule has 1 aromatic heterocycles. The number of methoxy groups -OCH3 is 1. The third kappa shape index (κ3) is 2.71. The van der Waals surface area contributed by atoms with E-state index in [1.807, 2.05) is 12.1 Å². The fraction of sp³-hybridized carbons (Fsp3) is 0.438. The smallest absolute Gasteiger partial charge is 0.145 e. The number of hydrogen-bond acceptors (Lipinski definition) is 3. The molecule has 1 aliphatic rings. The molecule has 1 aromatic carbocycles. The number of para-hydroxylation sites is 1. The zero-order chi connectivity index (χ0) is 13.2. The van der Waals surface area contributed by atoms with E-state index in [1.165, 1.54) is 6.42 Å². The summed E-state index contributed by atoms with van der Waals surface area (Å²) < 4.78 is 5.37. The van der Waals surface area contributed by atoms with Crippen LogP contribution in [0.25, 0.3) is 10.9 Å². The van der Waals surface area contributed by atoms with Gasteiger partial charge in [0.15, 0.2) is 0 Å². The van der Waals surface area contributed by atoms with E-state index in [9.17, 15) is 0 Å². The summed E-state index contributed by atoms with van der Waals surface area (Å²) in [5, 5.41) is 4.62. The molecule has 0 spiro atoms. The second kappa shape index (κ2) is 5.17. The zero-order valence-electron chi connectivity index (χ0n) is 11.5. The van der Waals surface area contributed by atoms with E-state index in [0.29, 0.717) is 0 Å². The van der Waals surface area contributed by atoms with Crippen LogP contribution in [0.5, 0.6) is 5.75 Å². The van der Waals surface area contributed by atoms with E-state index in [1.54, 1.807) is 7.11 Å². The van der Waals surface area contributed by atoms with Crippen LogP contribution in [0.15, 0.2) is 30.3 Å². The van der Waals surface area contributed by atoms with E-state index in [4.69, 9.17) is 9.72 Å². The van der Waals surface area contributed by atoms with Gasteiger partial charge < -0.3 is 10.1 Å². The molecule has 1 saturated carbocycles. The molecule has 3 nitrogen and oxygen atoms in total. The maximum Gasteiger partial charge on any atom is 0.145 e. The molecule has 2 aromatic rings. The third-order valence-electron chi connectivity index (χ3n) is 3.95. The molecule has 1 aliphatic carbocycles. The Kier molecular flexibility index (Phi) is 3.38. The van der Waals surface area contributed by atoms with Gasteiger partial charge in [0, 0.05) is 11.9 Å². The van der Waals surface area contributed by atoms with E-state index in [-0.39, 0.29) is 0 Å². The van der Waals surface area contributed by atoms with E-state index >= 15 is 0 Å². The number of pyridine rings is 1. The van der Waals surface area contributed by atoms with Gasteiger partial charge in [-0.3, -0.25) is 0 Å². The fourth-order valence-corrected chi connectivity index (χ4v) is 2.49. The maximum atomic E-state index is 5.37. The molecular formula is C16H20N2O. The molecule has 0 saturated heterocycles. The summed E-state index contributed by atoms with van der Waals surface area (Å²) in [7, 11) is 1.69. The maximum absolute atomic E-state index is 5.37. The highest BCUT2D eigenvalue weighted by atomic mass is 16.5. The van der Waals surface area contributed by atoms with Crippen molar-refractivity contribution in [3.63, 3.8) is 0 Å². The average Bonchev–Trinajstić information content (AvgIpc) is 3.14. The van der Waals surface area contributed by atoms with Crippen molar-refractivity contribution in [1.29, 1.82) is 0 Å². The van der Waals surface area contributed by atoms with Crippen LogP contribution in [0, 0.1) is 11.8 Å². The summed E-state index contributed by atoms with van der Waals surface area (Å²) >= 11 is 0. The lowest BCUT2D eigenvalue weighted by molar-refractivity contribution is 0.418. The molecular weight excluding hydrogens is 236 g/mol. The number of rotatable bonds is 5. The lowest BCUT2D eigenvalue weighted by Gasteiger charge is -2.07. The van der Waals surface area contributed by atoms with Crippen LogP contribution in [0.4, 0.5) is 0 Å². The Bertz CT molecular complexity index is 582. The molecule has 1 N–H and O–H groups in total. The fourth-order valence-electron chi connectivity index (χ4n) is 2.49. The minimum atomic E-state index is 0.831. The van der Waals surface area contributed by atoms with Gasteiger partial charge in [-0.15, -0.1) is 0 Å². The quantitative estimate of drug-likeness (QED) is 0.893. The Morgan fingerprint density at radius 3 is 2.89 bits per heavy atom. The van der Waals surface area contributed by atoms with Crippen LogP contribution < -0.4 is 10.1 Å². The second-order valence-electron chi connectivity index (χ2n) is 5.44. The summed E-state index contributed by atoms with van der Waals surface area (Å²) in [5.74, 6) is 2.61. The van der Waals surface area contributed by atoms with Crippen molar-refractivity contribution in [3.05, 3.63) is 36.0 Å². The van der Waals surface area contributed by atoms with Crippen molar-refractivity contribution in [2.45, 2.75) is 19.9 Å². The second-order valence-corrected chi connectivity index (χ2v) is 5.44. The molecule has 1 heterocycles. The first kappa shape index (κ1) is 12.4. The van der Waals surface area contributed by atoms with E-state index < -0.39 is 0 Å². The van der Waals surface area contributed by atoms with Gasteiger partial charge in [0.25, 0.3) is 0 Å². The Hall–Kier alpha value is -1.61. The molecule has 1 fully saturated rings. The summed E-state index contributed by atoms with van der Waals surface area (Å²) in [6, 6.07) is 10.2. The lowest BCUT2D eigenvalue weighted by atomic mass is 10.2. The van der Waals surface area contributed by atoms with Crippen molar-refractivity contribution in [1.82, 2.24) is 10.3 Å². The SMILES string of the molecule is COc1cccc2ccc(CNCC3CC3C)nc12. The van der Waals surface area contributed by atoms with E-state index in [2.05, 4.69) is 30.4 Å². The first-order valence-corrected chi connectivity index (χ1v) is 6.91. The Balaban J connectivity index is 1.73. The summed E-state index contributed by atoms with van der Waals surface area (Å²) in [5.41, 5.74) is 2.02. The van der Waals surface area contributed by atoms with Gasteiger partial charge in [-0.05, 0) is 36.9 Å². The van der Waals surface area contributed by atoms with Gasteiger partial charge in [0.2, 0.25) is 0 Å². The minimum Gasteiger partial charge on any atom is -0.494 e. The topological polar surface area (TPSA) is 34.1 Å². The van der Waals surface area contributed by atoms with Gasteiger partial charge in [-0.2, -0.15) is 0 Å². The normalized spacial score (nSPS) is 21.6. The Morgan fingerprint density at radius 2 is 2.16 bits per heavy atom. The number of nitrogens with zero attached hydrogens (tertiary/aromatic N) is 1. The van der Waals surface area contributed by atoms with Gasteiger partial charge in [0.1, 0.15) is 11.3 Å². The van der Waals surface area contributed by atoms with Gasteiger partial charge in [-0.1, -0.05) is 25.1 Å². The zero-order valence-corrected chi connectivity index (χ0v) is 11.5. The molecule has 100 valence electrons. The first-order valence-electron chi connectivity index (χ1n) is 6.91. The van der Waals surface area contributed by atoms with Gasteiger partial charge in [0.05, 0.1) is 12.8 Å². The van der Waals surface area contributed by atoms with Crippen molar-refractivity contribution in [2.24, 2.45) is 11.8 Å². The standard InChI is InChI=1S/C16H20N2O/c1-11-8-13(11)9-17-10-14-7-6-12-4-3-5-15(19-2)16(12)18-14/h3-7,11,13,17H,8-10H2,1-2H3. The Labute approximate surface area is 114 Å². The summed E-state index contributed by atoms with van der Waals surface area (Å²) in [6.07, 6.45) is 1.37.